The summed E-state index contributed by atoms with van der Waals surface area (Å²) in [5.74, 6) is 3.21. The average molecular weight is 577 g/mol. The molecule has 41 heavy (non-hydrogen) atoms. The lowest BCUT2D eigenvalue weighted by molar-refractivity contribution is 0.0968. The molecule has 4 heterocycles. The molecule has 0 aromatic carbocycles. The molecule has 3 aromatic heterocycles. The lowest BCUT2D eigenvalue weighted by Crippen LogP contribution is -2.37. The van der Waals surface area contributed by atoms with Crippen LogP contribution in [0.3, 0.4) is 0 Å². The van der Waals surface area contributed by atoms with Crippen molar-refractivity contribution in [1.82, 2.24) is 29.0 Å². The van der Waals surface area contributed by atoms with Crippen LogP contribution in [0.4, 0.5) is 17.3 Å². The Morgan fingerprint density at radius 3 is 2.49 bits per heavy atom. The van der Waals surface area contributed by atoms with Gasteiger partial charge in [-0.05, 0) is 82.4 Å². The highest BCUT2D eigenvalue weighted by molar-refractivity contribution is 7.90. The molecule has 3 aliphatic carbocycles. The number of carbonyl (C=O) groups excluding carboxylic acids is 1. The molecule has 0 unspecified atom stereocenters. The average Bonchev–Trinajstić information content (AvgIpc) is 3.83. The van der Waals surface area contributed by atoms with Gasteiger partial charge in [-0.3, -0.25) is 4.79 Å². The van der Waals surface area contributed by atoms with Crippen molar-refractivity contribution in [2.75, 3.05) is 36.8 Å². The molecule has 216 valence electrons. The minimum absolute atomic E-state index is 0.107. The first-order valence-electron chi connectivity index (χ1n) is 14.8. The van der Waals surface area contributed by atoms with Gasteiger partial charge >= 0.3 is 0 Å². The second-order valence-corrected chi connectivity index (χ2v) is 14.1. The summed E-state index contributed by atoms with van der Waals surface area (Å²) >= 11 is 0. The van der Waals surface area contributed by atoms with Crippen molar-refractivity contribution in [2.24, 2.45) is 17.8 Å². The first-order chi connectivity index (χ1) is 19.9. The van der Waals surface area contributed by atoms with Gasteiger partial charge in [0.25, 0.3) is 10.0 Å². The molecule has 4 fully saturated rings. The summed E-state index contributed by atoms with van der Waals surface area (Å²) in [5, 5.41) is 10.5. The fourth-order valence-electron chi connectivity index (χ4n) is 5.50. The quantitative estimate of drug-likeness (QED) is 0.305. The van der Waals surface area contributed by atoms with Crippen molar-refractivity contribution in [2.45, 2.75) is 56.6 Å². The third kappa shape index (κ3) is 6.13. The van der Waals surface area contributed by atoms with Crippen LogP contribution >= 0.6 is 0 Å². The van der Waals surface area contributed by atoms with E-state index in [0.29, 0.717) is 47.3 Å². The Morgan fingerprint density at radius 2 is 1.76 bits per heavy atom. The minimum Gasteiger partial charge on any atom is -0.384 e. The first kappa shape index (κ1) is 26.5. The number of nitrogens with one attached hydrogen (secondary N) is 2. The number of pyridine rings is 1. The summed E-state index contributed by atoms with van der Waals surface area (Å²) in [6.07, 6.45) is 14.6. The summed E-state index contributed by atoms with van der Waals surface area (Å²) < 4.78 is 26.1. The Bertz CT molecular complexity index is 1540. The van der Waals surface area contributed by atoms with Crippen LogP contribution in [0.1, 0.15) is 61.7 Å². The van der Waals surface area contributed by atoms with Crippen molar-refractivity contribution in [3.8, 4) is 11.4 Å². The van der Waals surface area contributed by atoms with Crippen LogP contribution < -0.4 is 10.6 Å². The lowest BCUT2D eigenvalue weighted by Gasteiger charge is -2.32. The van der Waals surface area contributed by atoms with E-state index in [-0.39, 0.29) is 17.0 Å². The van der Waals surface area contributed by atoms with Gasteiger partial charge in [0, 0.05) is 37.5 Å². The molecule has 11 nitrogen and oxygen atoms in total. The third-order valence-corrected chi connectivity index (χ3v) is 10.6. The van der Waals surface area contributed by atoms with Gasteiger partial charge in [0.1, 0.15) is 11.6 Å². The number of anilines is 3. The molecule has 7 rings (SSSR count). The number of likely N-dealkylation sites (tertiary alicyclic amines) is 1. The molecule has 0 radical (unpaired) electrons. The number of ketones is 1. The van der Waals surface area contributed by atoms with E-state index in [9.17, 15) is 13.2 Å². The van der Waals surface area contributed by atoms with E-state index in [0.717, 1.165) is 48.2 Å². The van der Waals surface area contributed by atoms with E-state index in [4.69, 9.17) is 0 Å². The zero-order chi connectivity index (χ0) is 28.0. The number of hydrogen-bond donors (Lipinski definition) is 2. The minimum atomic E-state index is -3.46. The fraction of sp³-hybridized carbons (Fsp3) is 0.552. The van der Waals surface area contributed by atoms with Crippen molar-refractivity contribution < 1.29 is 13.2 Å². The molecule has 1 saturated heterocycles. The molecule has 3 saturated carbocycles. The highest BCUT2D eigenvalue weighted by Crippen LogP contribution is 2.36. The van der Waals surface area contributed by atoms with Crippen molar-refractivity contribution >= 4 is 33.1 Å². The van der Waals surface area contributed by atoms with Gasteiger partial charge in [-0.25, -0.2) is 23.4 Å². The standard InChI is InChI=1S/C29H36N8O3S/c38-28(21-3-4-21)24-16-32-27(13-25(24)31-14-19-8-11-36(12-9-19)17-20-1-2-20)34-26-7-10-30-29(35-26)22-15-33-37(18-22)41(39,40)23-5-6-23/h7,10,13,15-16,18-21,23H,1-6,8-9,11-12,14,17H2,(H2,30,31,32,34,35). The normalized spacial score (nSPS) is 20.2. The topological polar surface area (TPSA) is 135 Å². The van der Waals surface area contributed by atoms with Crippen molar-refractivity contribution in [1.29, 1.82) is 0 Å². The van der Waals surface area contributed by atoms with Crippen LogP contribution in [0, 0.1) is 17.8 Å². The summed E-state index contributed by atoms with van der Waals surface area (Å²) in [4.78, 5) is 29.1. The molecule has 0 amide bonds. The maximum Gasteiger partial charge on any atom is 0.256 e. The van der Waals surface area contributed by atoms with Crippen LogP contribution in [0.2, 0.25) is 0 Å². The van der Waals surface area contributed by atoms with Gasteiger partial charge in [0.15, 0.2) is 11.6 Å². The van der Waals surface area contributed by atoms with Gasteiger partial charge in [-0.15, -0.1) is 0 Å². The SMILES string of the molecule is O=C(c1cnc(Nc2ccnc(-c3cnn(S(=O)(=O)C4CC4)c3)n2)cc1NCC1CCN(CC2CC2)CC1)C1CC1. The summed E-state index contributed by atoms with van der Waals surface area (Å²) in [7, 11) is -3.46. The van der Waals surface area contributed by atoms with Gasteiger partial charge in [-0.2, -0.15) is 9.19 Å². The maximum atomic E-state index is 13.0. The van der Waals surface area contributed by atoms with Crippen LogP contribution in [-0.2, 0) is 10.0 Å². The zero-order valence-electron chi connectivity index (χ0n) is 23.1. The van der Waals surface area contributed by atoms with Gasteiger partial charge in [-0.1, -0.05) is 0 Å². The van der Waals surface area contributed by atoms with Crippen molar-refractivity contribution in [3.63, 3.8) is 0 Å². The second kappa shape index (κ2) is 10.8. The predicted octanol–water partition coefficient (Wildman–Crippen LogP) is 3.95. The Morgan fingerprint density at radius 1 is 0.951 bits per heavy atom. The number of hydrogen-bond acceptors (Lipinski definition) is 10. The number of rotatable bonds is 12. The zero-order valence-corrected chi connectivity index (χ0v) is 23.9. The Balaban J connectivity index is 1.05. The largest absolute Gasteiger partial charge is 0.384 e. The highest BCUT2D eigenvalue weighted by Gasteiger charge is 2.38. The van der Waals surface area contributed by atoms with Crippen LogP contribution in [0.15, 0.2) is 36.9 Å². The molecular formula is C29H36N8O3S. The van der Waals surface area contributed by atoms with E-state index in [2.05, 4.69) is 35.6 Å². The summed E-state index contributed by atoms with van der Waals surface area (Å²) in [6.45, 7) is 4.39. The summed E-state index contributed by atoms with van der Waals surface area (Å²) in [5.41, 5.74) is 1.97. The second-order valence-electron chi connectivity index (χ2n) is 12.1. The van der Waals surface area contributed by atoms with E-state index in [1.54, 1.807) is 18.5 Å². The van der Waals surface area contributed by atoms with E-state index >= 15 is 0 Å². The van der Waals surface area contributed by atoms with Crippen LogP contribution in [-0.4, -0.2) is 74.7 Å². The summed E-state index contributed by atoms with van der Waals surface area (Å²) in [6, 6.07) is 3.61. The first-order valence-corrected chi connectivity index (χ1v) is 16.3. The Kier molecular flexibility index (Phi) is 6.98. The highest BCUT2D eigenvalue weighted by atomic mass is 32.2. The van der Waals surface area contributed by atoms with Gasteiger partial charge in [0.05, 0.1) is 34.5 Å². The number of nitrogens with zero attached hydrogens (tertiary/aromatic N) is 6. The molecule has 3 aromatic rings. The van der Waals surface area contributed by atoms with Crippen LogP contribution in [0.25, 0.3) is 11.4 Å². The molecule has 1 aliphatic heterocycles. The maximum absolute atomic E-state index is 13.0. The van der Waals surface area contributed by atoms with E-state index in [1.807, 2.05) is 6.07 Å². The van der Waals surface area contributed by atoms with Crippen LogP contribution in [0.5, 0.6) is 0 Å². The molecular weight excluding hydrogens is 540 g/mol. The third-order valence-electron chi connectivity index (χ3n) is 8.56. The number of Topliss-reactive ketones (excluding diaryl/α,β-unsaturated/α-hetero) is 1. The molecule has 0 spiro atoms. The number of piperidine rings is 1. The lowest BCUT2D eigenvalue weighted by atomic mass is 9.96. The molecule has 0 bridgehead atoms. The molecule has 12 heteroatoms. The molecule has 4 aliphatic rings. The Hall–Kier alpha value is -3.38. The smallest absolute Gasteiger partial charge is 0.256 e. The fourth-order valence-corrected chi connectivity index (χ4v) is 6.98. The number of aromatic nitrogens is 5. The van der Waals surface area contributed by atoms with E-state index in [1.165, 1.54) is 44.6 Å². The molecule has 2 N–H and O–H groups in total. The number of carbonyl (C=O) groups is 1. The Labute approximate surface area is 240 Å². The van der Waals surface area contributed by atoms with Gasteiger partial charge in [0.2, 0.25) is 0 Å². The predicted molar refractivity (Wildman–Crippen MR) is 156 cm³/mol. The van der Waals surface area contributed by atoms with Crippen molar-refractivity contribution in [3.05, 3.63) is 42.5 Å². The van der Waals surface area contributed by atoms with E-state index < -0.39 is 10.0 Å². The molecule has 0 atom stereocenters. The van der Waals surface area contributed by atoms with Gasteiger partial charge < -0.3 is 15.5 Å². The monoisotopic (exact) mass is 576 g/mol.